The van der Waals surface area contributed by atoms with E-state index in [4.69, 9.17) is 24.4 Å². The van der Waals surface area contributed by atoms with Crippen molar-refractivity contribution < 1.29 is 0 Å². The summed E-state index contributed by atoms with van der Waals surface area (Å²) >= 11 is 9.91. The highest BCUT2D eigenvalue weighted by atomic mass is 32.1. The van der Waals surface area contributed by atoms with Gasteiger partial charge in [0.05, 0.1) is 5.52 Å². The molecule has 0 spiro atoms. The number of nitrogens with zero attached hydrogens (tertiary/aromatic N) is 1. The molecule has 5 heteroatoms. The maximum absolute atomic E-state index is 4.96. The van der Waals surface area contributed by atoms with Gasteiger partial charge in [-0.15, -0.1) is 0 Å². The van der Waals surface area contributed by atoms with Gasteiger partial charge in [-0.3, -0.25) is 0 Å². The third-order valence-electron chi connectivity index (χ3n) is 1.49. The average molecular weight is 195 g/mol. The molecule has 0 atom stereocenters. The van der Waals surface area contributed by atoms with Crippen molar-refractivity contribution in [1.29, 1.82) is 0 Å². The Balaban J connectivity index is 3.03. The molecule has 0 amide bonds. The molecule has 3 nitrogen and oxygen atoms in total. The third kappa shape index (κ3) is 1.17. The van der Waals surface area contributed by atoms with Crippen molar-refractivity contribution in [2.75, 3.05) is 0 Å². The summed E-state index contributed by atoms with van der Waals surface area (Å²) in [6.07, 6.45) is 1.70. The Kier molecular flexibility index (Phi) is 1.74. The summed E-state index contributed by atoms with van der Waals surface area (Å²) in [4.78, 5) is 9.98. The zero-order valence-electron chi connectivity index (χ0n) is 6.00. The molecule has 2 N–H and O–H groups in total. The zero-order valence-corrected chi connectivity index (χ0v) is 7.63. The van der Waals surface area contributed by atoms with Gasteiger partial charge in [0.1, 0.15) is 9.28 Å². The second kappa shape index (κ2) is 2.76. The standard InChI is InChI=1S/C7H5N3S2/c11-6-7(12)10-5-4(9-6)2-1-3-8-5/h1-3H,(H,9,11)(H,8,10,12). The Labute approximate surface area is 78.5 Å². The van der Waals surface area contributed by atoms with Gasteiger partial charge in [-0.2, -0.15) is 0 Å². The summed E-state index contributed by atoms with van der Waals surface area (Å²) in [6.45, 7) is 0. The molecule has 0 unspecified atom stereocenters. The molecule has 0 saturated heterocycles. The van der Waals surface area contributed by atoms with Crippen LogP contribution in [0.5, 0.6) is 0 Å². The summed E-state index contributed by atoms with van der Waals surface area (Å²) in [7, 11) is 0. The van der Waals surface area contributed by atoms with Gasteiger partial charge in [-0.25, -0.2) is 4.98 Å². The molecule has 0 aliphatic heterocycles. The van der Waals surface area contributed by atoms with E-state index in [1.54, 1.807) is 6.20 Å². The number of rotatable bonds is 0. The minimum atomic E-state index is 0.524. The molecule has 0 fully saturated rings. The summed E-state index contributed by atoms with van der Waals surface area (Å²) in [5.41, 5.74) is 1.60. The number of nitrogens with one attached hydrogen (secondary N) is 2. The molecule has 12 heavy (non-hydrogen) atoms. The van der Waals surface area contributed by atoms with E-state index >= 15 is 0 Å². The minimum absolute atomic E-state index is 0.524. The van der Waals surface area contributed by atoms with Crippen LogP contribution in [0, 0.1) is 9.28 Å². The molecular weight excluding hydrogens is 190 g/mol. The highest BCUT2D eigenvalue weighted by Gasteiger charge is 1.92. The fourth-order valence-electron chi connectivity index (χ4n) is 0.949. The van der Waals surface area contributed by atoms with E-state index in [9.17, 15) is 0 Å². The highest BCUT2D eigenvalue weighted by molar-refractivity contribution is 7.73. The molecule has 0 radical (unpaired) electrons. The van der Waals surface area contributed by atoms with E-state index in [2.05, 4.69) is 15.0 Å². The predicted molar refractivity (Wildman–Crippen MR) is 52.1 cm³/mol. The molecule has 0 bridgehead atoms. The summed E-state index contributed by atoms with van der Waals surface area (Å²) in [5.74, 6) is 0. The van der Waals surface area contributed by atoms with E-state index in [0.717, 1.165) is 11.2 Å². The normalized spacial score (nSPS) is 10.3. The van der Waals surface area contributed by atoms with Gasteiger partial charge in [-0.1, -0.05) is 24.4 Å². The van der Waals surface area contributed by atoms with Crippen LogP contribution in [0.25, 0.3) is 11.2 Å². The van der Waals surface area contributed by atoms with Crippen LogP contribution < -0.4 is 0 Å². The van der Waals surface area contributed by atoms with Crippen LogP contribution in [0.1, 0.15) is 0 Å². The first-order valence-corrected chi connectivity index (χ1v) is 4.16. The van der Waals surface area contributed by atoms with Crippen molar-refractivity contribution in [1.82, 2.24) is 15.0 Å². The lowest BCUT2D eigenvalue weighted by Crippen LogP contribution is -1.87. The largest absolute Gasteiger partial charge is 0.341 e. The van der Waals surface area contributed by atoms with Crippen LogP contribution >= 0.6 is 24.4 Å². The number of pyridine rings is 1. The first-order valence-electron chi connectivity index (χ1n) is 3.35. The van der Waals surface area contributed by atoms with Gasteiger partial charge in [0.2, 0.25) is 0 Å². The zero-order chi connectivity index (χ0) is 8.55. The van der Waals surface area contributed by atoms with E-state index < -0.39 is 0 Å². The highest BCUT2D eigenvalue weighted by Crippen LogP contribution is 2.03. The Morgan fingerprint density at radius 3 is 2.75 bits per heavy atom. The average Bonchev–Trinajstić information content (AvgIpc) is 2.07. The van der Waals surface area contributed by atoms with Gasteiger partial charge in [0.15, 0.2) is 5.65 Å². The van der Waals surface area contributed by atoms with Crippen LogP contribution in [0.15, 0.2) is 18.3 Å². The van der Waals surface area contributed by atoms with Crippen molar-refractivity contribution in [2.45, 2.75) is 0 Å². The SMILES string of the molecule is S=c1[nH]c2cccnc2[nH]c1=S. The first kappa shape index (κ1) is 7.57. The monoisotopic (exact) mass is 195 g/mol. The first-order chi connectivity index (χ1) is 5.77. The van der Waals surface area contributed by atoms with Gasteiger partial charge in [0, 0.05) is 6.20 Å². The number of aromatic nitrogens is 3. The molecule has 0 aliphatic carbocycles. The summed E-state index contributed by atoms with van der Waals surface area (Å²) < 4.78 is 1.07. The molecule has 2 heterocycles. The molecule has 0 aromatic carbocycles. The number of hydrogen-bond acceptors (Lipinski definition) is 3. The topological polar surface area (TPSA) is 44.5 Å². The van der Waals surface area contributed by atoms with Gasteiger partial charge in [0.25, 0.3) is 0 Å². The number of aromatic amines is 2. The van der Waals surface area contributed by atoms with Crippen molar-refractivity contribution in [2.24, 2.45) is 0 Å². The molecule has 60 valence electrons. The number of H-pyrrole nitrogens is 2. The smallest absolute Gasteiger partial charge is 0.154 e. The van der Waals surface area contributed by atoms with Crippen LogP contribution in [-0.4, -0.2) is 15.0 Å². The molecule has 2 aromatic rings. The van der Waals surface area contributed by atoms with E-state index in [1.807, 2.05) is 12.1 Å². The fraction of sp³-hybridized carbons (Fsp3) is 0. The second-order valence-corrected chi connectivity index (χ2v) is 3.12. The number of hydrogen-bond donors (Lipinski definition) is 2. The van der Waals surface area contributed by atoms with Gasteiger partial charge < -0.3 is 9.97 Å². The van der Waals surface area contributed by atoms with Gasteiger partial charge >= 0.3 is 0 Å². The fourth-order valence-corrected chi connectivity index (χ4v) is 1.26. The second-order valence-electron chi connectivity index (χ2n) is 2.31. The Bertz CT molecular complexity index is 477. The Morgan fingerprint density at radius 1 is 1.17 bits per heavy atom. The van der Waals surface area contributed by atoms with Crippen LogP contribution in [0.2, 0.25) is 0 Å². The molecule has 2 rings (SSSR count). The maximum atomic E-state index is 4.96. The van der Waals surface area contributed by atoms with Crippen LogP contribution in [0.4, 0.5) is 0 Å². The Morgan fingerprint density at radius 2 is 1.92 bits per heavy atom. The Hall–Kier alpha value is -1.07. The summed E-state index contributed by atoms with van der Waals surface area (Å²) in [6, 6.07) is 3.73. The van der Waals surface area contributed by atoms with Crippen molar-refractivity contribution >= 4 is 35.6 Å². The van der Waals surface area contributed by atoms with Crippen molar-refractivity contribution in [3.63, 3.8) is 0 Å². The lowest BCUT2D eigenvalue weighted by Gasteiger charge is -1.95. The van der Waals surface area contributed by atoms with Crippen molar-refractivity contribution in [3.05, 3.63) is 27.6 Å². The quantitative estimate of drug-likeness (QED) is 0.634. The predicted octanol–water partition coefficient (Wildman–Crippen LogP) is 2.35. The summed E-state index contributed by atoms with van der Waals surface area (Å²) in [5, 5.41) is 0. The third-order valence-corrected chi connectivity index (χ3v) is 2.24. The number of fused-ring (bicyclic) bond motifs is 1. The molecule has 2 aromatic heterocycles. The minimum Gasteiger partial charge on any atom is -0.341 e. The van der Waals surface area contributed by atoms with Crippen LogP contribution in [-0.2, 0) is 0 Å². The lowest BCUT2D eigenvalue weighted by atomic mass is 10.4. The molecule has 0 aliphatic rings. The van der Waals surface area contributed by atoms with Crippen molar-refractivity contribution in [3.8, 4) is 0 Å². The van der Waals surface area contributed by atoms with E-state index in [0.29, 0.717) is 9.28 Å². The lowest BCUT2D eigenvalue weighted by molar-refractivity contribution is 1.19. The maximum Gasteiger partial charge on any atom is 0.154 e. The molecule has 0 saturated carbocycles. The van der Waals surface area contributed by atoms with E-state index in [1.165, 1.54) is 0 Å². The van der Waals surface area contributed by atoms with E-state index in [-0.39, 0.29) is 0 Å². The van der Waals surface area contributed by atoms with Gasteiger partial charge in [-0.05, 0) is 12.1 Å². The molecular formula is C7H5N3S2. The van der Waals surface area contributed by atoms with Crippen LogP contribution in [0.3, 0.4) is 0 Å².